The van der Waals surface area contributed by atoms with Gasteiger partial charge in [0.1, 0.15) is 11.0 Å². The Morgan fingerprint density at radius 2 is 1.26 bits per heavy atom. The molecule has 0 saturated heterocycles. The number of para-hydroxylation sites is 2. The normalized spacial score (nSPS) is 13.6. The first-order valence-electron chi connectivity index (χ1n) is 25.1. The topological polar surface area (TPSA) is 173 Å². The lowest BCUT2D eigenvalue weighted by molar-refractivity contribution is -0.141. The fraction of sp³-hybridized carbons (Fsp3) is 0.328. The maximum Gasteiger partial charge on any atom is 0.324 e. The molecule has 2 atom stereocenters. The Balaban J connectivity index is 0.000000173. The molecule has 2 aliphatic rings. The highest BCUT2D eigenvalue weighted by Gasteiger charge is 2.28. The first kappa shape index (κ1) is 51.4. The summed E-state index contributed by atoms with van der Waals surface area (Å²) in [6, 6.07) is 40.6. The van der Waals surface area contributed by atoms with Crippen molar-refractivity contribution in [2.75, 3.05) is 44.5 Å². The number of carboxylic acid groups (broad SMARTS) is 1. The lowest BCUT2D eigenvalue weighted by Crippen LogP contribution is -2.43. The van der Waals surface area contributed by atoms with Crippen LogP contribution in [0.4, 0.5) is 16.2 Å². The minimum atomic E-state index is -0.860. The van der Waals surface area contributed by atoms with E-state index in [1.807, 2.05) is 114 Å². The van der Waals surface area contributed by atoms with Crippen LogP contribution in [-0.4, -0.2) is 92.3 Å². The molecule has 4 heterocycles. The summed E-state index contributed by atoms with van der Waals surface area (Å²) in [5, 5.41) is 33.5. The fourth-order valence-electron chi connectivity index (χ4n) is 10.1. The number of carbonyl (C=O) groups excluding carboxylic acids is 2. The Morgan fingerprint density at radius 1 is 0.712 bits per heavy atom. The summed E-state index contributed by atoms with van der Waals surface area (Å²) < 4.78 is 8.74. The van der Waals surface area contributed by atoms with Crippen molar-refractivity contribution in [2.24, 2.45) is 0 Å². The van der Waals surface area contributed by atoms with Gasteiger partial charge in [-0.2, -0.15) is 0 Å². The highest BCUT2D eigenvalue weighted by Crippen LogP contribution is 2.37. The second kappa shape index (κ2) is 23.5. The van der Waals surface area contributed by atoms with Crippen LogP contribution >= 0.6 is 0 Å². The SMILES string of the molecule is CCn1nnc2c(C)c(C(CC(=O)O)c3ccc4c(c3)CN(C(=O)N(C)c3ccccc3)CC4)ccc21.CCn1nnc2c(C)c(C(CC(=O)OC)c3ccc4c(c3)CNCC4)ccc21.CNc1ccccc1. The third kappa shape index (κ3) is 11.6. The summed E-state index contributed by atoms with van der Waals surface area (Å²) in [7, 11) is 5.15. The Labute approximate surface area is 427 Å². The number of nitrogens with one attached hydrogen (secondary N) is 2. The molecule has 2 aromatic heterocycles. The van der Waals surface area contributed by atoms with Gasteiger partial charge in [0.05, 0.1) is 31.0 Å². The largest absolute Gasteiger partial charge is 0.481 e. The van der Waals surface area contributed by atoms with Crippen LogP contribution in [-0.2, 0) is 53.3 Å². The standard InChI is InChI=1S/C29H31N5O3.C22H26N4O2.C7H9N/c1-4-34-26-13-12-24(19(2)28(26)30-31-34)25(17-27(35)36)21-11-10-20-14-15-33(18-22(20)16-21)29(37)32(3)23-8-6-5-7-9-23;1-4-26-20-8-7-18(14(2)22(20)24-25-26)19(12-21(27)28-3)16-6-5-15-9-10-23-13-17(15)11-16;1-8-7-5-3-2-4-6-7/h5-13,16,25H,4,14-15,17-18H2,1-3H3,(H,35,36);5-8,11,19,23H,4,9-10,12-13H2,1-3H3;2-6,8H,1H3. The van der Waals surface area contributed by atoms with E-state index in [4.69, 9.17) is 4.74 Å². The van der Waals surface area contributed by atoms with E-state index in [2.05, 4.69) is 87.6 Å². The molecule has 73 heavy (non-hydrogen) atoms. The number of hydrogen-bond donors (Lipinski definition) is 3. The van der Waals surface area contributed by atoms with Gasteiger partial charge in [-0.1, -0.05) is 95.4 Å². The zero-order chi connectivity index (χ0) is 51.6. The molecule has 15 heteroatoms. The van der Waals surface area contributed by atoms with Gasteiger partial charge in [-0.3, -0.25) is 14.5 Å². The van der Waals surface area contributed by atoms with Gasteiger partial charge in [0, 0.05) is 70.0 Å². The minimum Gasteiger partial charge on any atom is -0.481 e. The number of benzene rings is 6. The van der Waals surface area contributed by atoms with Crippen LogP contribution in [0, 0.1) is 13.8 Å². The van der Waals surface area contributed by atoms with Gasteiger partial charge >= 0.3 is 18.0 Å². The summed E-state index contributed by atoms with van der Waals surface area (Å²) in [4.78, 5) is 40.9. The number of methoxy groups -OCH3 is 1. The van der Waals surface area contributed by atoms with Gasteiger partial charge in [-0.25, -0.2) is 14.2 Å². The fourth-order valence-corrected chi connectivity index (χ4v) is 10.1. The Hall–Kier alpha value is -7.91. The number of urea groups is 1. The summed E-state index contributed by atoms with van der Waals surface area (Å²) >= 11 is 0. The number of carboxylic acids is 1. The van der Waals surface area contributed by atoms with Gasteiger partial charge in [0.25, 0.3) is 0 Å². The van der Waals surface area contributed by atoms with Gasteiger partial charge in [-0.15, -0.1) is 10.2 Å². The van der Waals surface area contributed by atoms with Crippen LogP contribution in [0.1, 0.15) is 94.2 Å². The maximum absolute atomic E-state index is 13.2. The number of nitrogens with zero attached hydrogens (tertiary/aromatic N) is 8. The van der Waals surface area contributed by atoms with Crippen LogP contribution in [0.25, 0.3) is 22.1 Å². The summed E-state index contributed by atoms with van der Waals surface area (Å²) in [6.45, 7) is 12.6. The molecule has 0 fully saturated rings. The Morgan fingerprint density at radius 3 is 1.79 bits per heavy atom. The van der Waals surface area contributed by atoms with E-state index in [0.717, 1.165) is 105 Å². The second-order valence-electron chi connectivity index (χ2n) is 18.5. The number of fused-ring (bicyclic) bond motifs is 4. The number of amides is 2. The molecule has 3 N–H and O–H groups in total. The highest BCUT2D eigenvalue weighted by molar-refractivity contribution is 5.91. The van der Waals surface area contributed by atoms with E-state index in [1.165, 1.54) is 23.8 Å². The highest BCUT2D eigenvalue weighted by atomic mass is 16.5. The van der Waals surface area contributed by atoms with E-state index < -0.39 is 5.97 Å². The first-order chi connectivity index (χ1) is 35.4. The van der Waals surface area contributed by atoms with Gasteiger partial charge in [0.2, 0.25) is 0 Å². The molecule has 15 nitrogen and oxygen atoms in total. The third-order valence-corrected chi connectivity index (χ3v) is 14.2. The van der Waals surface area contributed by atoms with Crippen molar-refractivity contribution in [3.63, 3.8) is 0 Å². The number of hydrogen-bond acceptors (Lipinski definition) is 10. The zero-order valence-electron chi connectivity index (χ0n) is 42.9. The van der Waals surface area contributed by atoms with Crippen molar-refractivity contribution in [1.82, 2.24) is 40.2 Å². The van der Waals surface area contributed by atoms with Crippen molar-refractivity contribution < 1.29 is 24.2 Å². The number of ether oxygens (including phenoxy) is 1. The lowest BCUT2D eigenvalue weighted by atomic mass is 9.83. The average Bonchev–Trinajstić information content (AvgIpc) is 4.07. The predicted octanol–water partition coefficient (Wildman–Crippen LogP) is 9.81. The summed E-state index contributed by atoms with van der Waals surface area (Å²) in [6.07, 6.45) is 2.07. The molecule has 0 radical (unpaired) electrons. The van der Waals surface area contributed by atoms with Crippen LogP contribution < -0.4 is 15.5 Å². The lowest BCUT2D eigenvalue weighted by Gasteiger charge is -2.33. The number of aromatic nitrogens is 6. The number of aryl methyl sites for hydroxylation is 4. The number of esters is 1. The van der Waals surface area contributed by atoms with Gasteiger partial charge in [0.15, 0.2) is 0 Å². The predicted molar refractivity (Wildman–Crippen MR) is 287 cm³/mol. The van der Waals surface area contributed by atoms with Crippen LogP contribution in [0.2, 0.25) is 0 Å². The Bertz CT molecular complexity index is 3210. The van der Waals surface area contributed by atoms with Crippen molar-refractivity contribution in [3.8, 4) is 0 Å². The molecule has 0 aliphatic carbocycles. The van der Waals surface area contributed by atoms with E-state index in [0.29, 0.717) is 26.1 Å². The molecule has 2 aliphatic heterocycles. The second-order valence-corrected chi connectivity index (χ2v) is 18.5. The number of carbonyl (C=O) groups is 3. The van der Waals surface area contributed by atoms with E-state index >= 15 is 0 Å². The molecule has 0 bridgehead atoms. The molecule has 2 unspecified atom stereocenters. The quantitative estimate of drug-likeness (QED) is 0.0995. The van der Waals surface area contributed by atoms with E-state index in [-0.39, 0.29) is 30.3 Å². The summed E-state index contributed by atoms with van der Waals surface area (Å²) in [5.41, 5.74) is 16.7. The molecule has 2 amide bonds. The van der Waals surface area contributed by atoms with E-state index in [1.54, 1.807) is 11.9 Å². The van der Waals surface area contributed by atoms with Crippen molar-refractivity contribution >= 4 is 51.4 Å². The molecule has 10 rings (SSSR count). The number of aliphatic carboxylic acids is 1. The first-order valence-corrected chi connectivity index (χ1v) is 25.1. The van der Waals surface area contributed by atoms with Crippen molar-refractivity contribution in [2.45, 2.75) is 91.4 Å². The Kier molecular flexibility index (Phi) is 16.6. The zero-order valence-corrected chi connectivity index (χ0v) is 42.9. The van der Waals surface area contributed by atoms with Crippen molar-refractivity contribution in [3.05, 3.63) is 177 Å². The molecule has 0 saturated carbocycles. The monoisotopic (exact) mass is 983 g/mol. The van der Waals surface area contributed by atoms with Crippen molar-refractivity contribution in [1.29, 1.82) is 0 Å². The smallest absolute Gasteiger partial charge is 0.324 e. The molecule has 0 spiro atoms. The molecule has 6 aromatic carbocycles. The number of anilines is 2. The van der Waals surface area contributed by atoms with Gasteiger partial charge < -0.3 is 25.4 Å². The molecule has 8 aromatic rings. The average molecular weight is 983 g/mol. The molecule has 378 valence electrons. The van der Waals surface area contributed by atoms with Crippen LogP contribution in [0.15, 0.2) is 121 Å². The molecular weight excluding hydrogens is 917 g/mol. The maximum atomic E-state index is 13.2. The van der Waals surface area contributed by atoms with Crippen LogP contribution in [0.3, 0.4) is 0 Å². The molecular formula is C58H66N10O5. The van der Waals surface area contributed by atoms with Crippen LogP contribution in [0.5, 0.6) is 0 Å². The van der Waals surface area contributed by atoms with E-state index in [9.17, 15) is 19.5 Å². The third-order valence-electron chi connectivity index (χ3n) is 14.2. The summed E-state index contributed by atoms with van der Waals surface area (Å²) in [5.74, 6) is -1.48. The minimum absolute atomic E-state index is 0.0353. The van der Waals surface area contributed by atoms with Gasteiger partial charge in [-0.05, 0) is 139 Å². The number of rotatable bonds is 12.